The van der Waals surface area contributed by atoms with Crippen LogP contribution in [0, 0.1) is 0 Å². The van der Waals surface area contributed by atoms with Crippen molar-refractivity contribution in [1.82, 2.24) is 10.3 Å². The zero-order valence-corrected chi connectivity index (χ0v) is 20.4. The van der Waals surface area contributed by atoms with Gasteiger partial charge in [0.05, 0.1) is 5.56 Å². The Morgan fingerprint density at radius 1 is 1.00 bits per heavy atom. The lowest BCUT2D eigenvalue weighted by Gasteiger charge is -2.20. The van der Waals surface area contributed by atoms with Crippen molar-refractivity contribution >= 4 is 18.0 Å². The topological polar surface area (TPSA) is 115 Å². The minimum atomic E-state index is -1.27. The van der Waals surface area contributed by atoms with Gasteiger partial charge in [-0.15, -0.1) is 0 Å². The zero-order valence-electron chi connectivity index (χ0n) is 20.4. The van der Waals surface area contributed by atoms with Crippen LogP contribution in [0.25, 0.3) is 11.1 Å². The number of amides is 1. The molecule has 1 aliphatic carbocycles. The lowest BCUT2D eigenvalue weighted by atomic mass is 9.98. The van der Waals surface area contributed by atoms with Crippen LogP contribution >= 0.6 is 0 Å². The second-order valence-electron chi connectivity index (χ2n) is 9.65. The molecule has 0 bridgehead atoms. The van der Waals surface area contributed by atoms with Gasteiger partial charge >= 0.3 is 18.0 Å². The van der Waals surface area contributed by atoms with E-state index in [0.29, 0.717) is 5.56 Å². The van der Waals surface area contributed by atoms with E-state index in [9.17, 15) is 19.5 Å². The Bertz CT molecular complexity index is 1250. The molecule has 8 heteroatoms. The van der Waals surface area contributed by atoms with E-state index in [4.69, 9.17) is 9.47 Å². The van der Waals surface area contributed by atoms with E-state index in [1.807, 2.05) is 48.5 Å². The monoisotopic (exact) mass is 488 g/mol. The Morgan fingerprint density at radius 2 is 1.61 bits per heavy atom. The van der Waals surface area contributed by atoms with Crippen LogP contribution in [0.15, 0.2) is 67.0 Å². The Labute approximate surface area is 209 Å². The van der Waals surface area contributed by atoms with Crippen LogP contribution in [-0.2, 0) is 20.7 Å². The summed E-state index contributed by atoms with van der Waals surface area (Å²) in [7, 11) is 0. The summed E-state index contributed by atoms with van der Waals surface area (Å²) in [6.07, 6.45) is 1.89. The second-order valence-corrected chi connectivity index (χ2v) is 9.65. The molecule has 4 rings (SSSR count). The van der Waals surface area contributed by atoms with E-state index in [-0.39, 0.29) is 24.5 Å². The summed E-state index contributed by atoms with van der Waals surface area (Å²) < 4.78 is 10.8. The van der Waals surface area contributed by atoms with Crippen LogP contribution in [-0.4, -0.2) is 46.4 Å². The molecule has 1 heterocycles. The molecule has 0 unspecified atom stereocenters. The Balaban J connectivity index is 1.41. The number of benzene rings is 2. The number of hydrogen-bond acceptors (Lipinski definition) is 6. The Morgan fingerprint density at radius 3 is 2.19 bits per heavy atom. The number of nitrogens with one attached hydrogen (secondary N) is 1. The number of ether oxygens (including phenoxy) is 2. The van der Waals surface area contributed by atoms with Gasteiger partial charge in [0.15, 0.2) is 0 Å². The lowest BCUT2D eigenvalue weighted by molar-refractivity contribution is -0.139. The van der Waals surface area contributed by atoms with Crippen LogP contribution < -0.4 is 5.32 Å². The highest BCUT2D eigenvalue weighted by atomic mass is 16.6. The van der Waals surface area contributed by atoms with E-state index in [0.717, 1.165) is 22.3 Å². The van der Waals surface area contributed by atoms with Crippen molar-refractivity contribution in [2.75, 3.05) is 6.61 Å². The standard InChI is InChI=1S/C28H28N2O6/c1-28(2,3)36-26(33)18-12-17(14-29-15-18)13-24(25(31)32)30-27(34)35-16-23-21-10-6-4-8-19(21)20-9-5-7-11-22(20)23/h4-12,14-15,23-24H,13,16H2,1-3H3,(H,30,34)(H,31,32)/t24-/m0/s1. The molecule has 3 aromatic rings. The SMILES string of the molecule is CC(C)(C)OC(=O)c1cncc(C[C@H](NC(=O)OCC2c3ccccc3-c3ccccc32)C(=O)O)c1. The van der Waals surface area contributed by atoms with Gasteiger partial charge in [0.1, 0.15) is 18.2 Å². The first-order valence-electron chi connectivity index (χ1n) is 11.6. The predicted molar refractivity (Wildman–Crippen MR) is 133 cm³/mol. The van der Waals surface area contributed by atoms with Crippen molar-refractivity contribution in [3.63, 3.8) is 0 Å². The van der Waals surface area contributed by atoms with Crippen LogP contribution in [0.4, 0.5) is 4.79 Å². The number of carboxylic acids is 1. The normalized spacial score (nSPS) is 13.3. The molecule has 2 N–H and O–H groups in total. The van der Waals surface area contributed by atoms with E-state index in [1.165, 1.54) is 18.5 Å². The third-order valence-electron chi connectivity index (χ3n) is 5.80. The van der Waals surface area contributed by atoms with Gasteiger partial charge in [-0.3, -0.25) is 4.98 Å². The van der Waals surface area contributed by atoms with Crippen molar-refractivity contribution in [3.8, 4) is 11.1 Å². The summed E-state index contributed by atoms with van der Waals surface area (Å²) in [4.78, 5) is 40.8. The van der Waals surface area contributed by atoms with Crippen molar-refractivity contribution in [2.45, 2.75) is 44.8 Å². The average molecular weight is 489 g/mol. The van der Waals surface area contributed by atoms with Gasteiger partial charge < -0.3 is 19.9 Å². The van der Waals surface area contributed by atoms with Gasteiger partial charge in [-0.05, 0) is 54.7 Å². The molecule has 36 heavy (non-hydrogen) atoms. The molecule has 0 radical (unpaired) electrons. The van der Waals surface area contributed by atoms with E-state index in [2.05, 4.69) is 10.3 Å². The summed E-state index contributed by atoms with van der Waals surface area (Å²) in [5.74, 6) is -1.93. The third kappa shape index (κ3) is 5.71. The van der Waals surface area contributed by atoms with Gasteiger partial charge in [0.2, 0.25) is 0 Å². The summed E-state index contributed by atoms with van der Waals surface area (Å²) >= 11 is 0. The highest BCUT2D eigenvalue weighted by molar-refractivity contribution is 5.89. The van der Waals surface area contributed by atoms with Crippen LogP contribution in [0.2, 0.25) is 0 Å². The van der Waals surface area contributed by atoms with E-state index < -0.39 is 29.7 Å². The largest absolute Gasteiger partial charge is 0.480 e. The number of esters is 1. The molecule has 2 aromatic carbocycles. The van der Waals surface area contributed by atoms with Crippen molar-refractivity contribution < 1.29 is 29.0 Å². The molecule has 1 amide bonds. The van der Waals surface area contributed by atoms with E-state index >= 15 is 0 Å². The number of carboxylic acid groups (broad SMARTS) is 1. The summed E-state index contributed by atoms with van der Waals surface area (Å²) in [6, 6.07) is 16.1. The first kappa shape index (κ1) is 24.9. The van der Waals surface area contributed by atoms with Gasteiger partial charge in [-0.1, -0.05) is 48.5 Å². The smallest absolute Gasteiger partial charge is 0.407 e. The molecule has 0 fully saturated rings. The average Bonchev–Trinajstić information content (AvgIpc) is 3.15. The number of nitrogens with zero attached hydrogens (tertiary/aromatic N) is 1. The molecule has 0 aliphatic heterocycles. The van der Waals surface area contributed by atoms with E-state index in [1.54, 1.807) is 20.8 Å². The molecule has 1 aliphatic rings. The molecule has 0 spiro atoms. The van der Waals surface area contributed by atoms with Crippen molar-refractivity contribution in [3.05, 3.63) is 89.2 Å². The highest BCUT2D eigenvalue weighted by Crippen LogP contribution is 2.44. The molecule has 8 nitrogen and oxygen atoms in total. The maximum absolute atomic E-state index is 12.6. The van der Waals surface area contributed by atoms with Gasteiger partial charge in [0, 0.05) is 24.7 Å². The molecule has 0 saturated heterocycles. The number of carbonyl (C=O) groups excluding carboxylic acids is 2. The molecular weight excluding hydrogens is 460 g/mol. The van der Waals surface area contributed by atoms with Crippen LogP contribution in [0.3, 0.4) is 0 Å². The second kappa shape index (κ2) is 10.2. The number of rotatable bonds is 7. The quantitative estimate of drug-likeness (QED) is 0.468. The Kier molecular flexibility index (Phi) is 7.05. The summed E-state index contributed by atoms with van der Waals surface area (Å²) in [6.45, 7) is 5.32. The minimum absolute atomic E-state index is 0.0713. The third-order valence-corrected chi connectivity index (χ3v) is 5.80. The molecule has 1 aromatic heterocycles. The fraction of sp³-hybridized carbons (Fsp3) is 0.286. The van der Waals surface area contributed by atoms with Gasteiger partial charge in [0.25, 0.3) is 0 Å². The van der Waals surface area contributed by atoms with Crippen molar-refractivity contribution in [1.29, 1.82) is 0 Å². The number of fused-ring (bicyclic) bond motifs is 3. The maximum Gasteiger partial charge on any atom is 0.407 e. The fourth-order valence-corrected chi connectivity index (χ4v) is 4.27. The number of alkyl carbamates (subject to hydrolysis) is 1. The highest BCUT2D eigenvalue weighted by Gasteiger charge is 2.30. The minimum Gasteiger partial charge on any atom is -0.480 e. The maximum atomic E-state index is 12.6. The van der Waals surface area contributed by atoms with Crippen LogP contribution in [0.1, 0.15) is 53.7 Å². The number of carbonyl (C=O) groups is 3. The molecule has 186 valence electrons. The fourth-order valence-electron chi connectivity index (χ4n) is 4.27. The Hall–Kier alpha value is -4.20. The first-order chi connectivity index (χ1) is 17.1. The zero-order chi connectivity index (χ0) is 25.9. The number of hydrogen-bond donors (Lipinski definition) is 2. The molecular formula is C28H28N2O6. The van der Waals surface area contributed by atoms with Gasteiger partial charge in [-0.2, -0.15) is 0 Å². The number of aromatic nitrogens is 1. The number of aliphatic carboxylic acids is 1. The lowest BCUT2D eigenvalue weighted by Crippen LogP contribution is -2.43. The predicted octanol–water partition coefficient (Wildman–Crippen LogP) is 4.57. The number of pyridine rings is 1. The van der Waals surface area contributed by atoms with Crippen LogP contribution in [0.5, 0.6) is 0 Å². The molecule has 1 atom stereocenters. The summed E-state index contributed by atoms with van der Waals surface area (Å²) in [5.41, 5.74) is 4.31. The van der Waals surface area contributed by atoms with Crippen molar-refractivity contribution in [2.24, 2.45) is 0 Å². The first-order valence-corrected chi connectivity index (χ1v) is 11.6. The summed E-state index contributed by atoms with van der Waals surface area (Å²) in [5, 5.41) is 12.1. The van der Waals surface area contributed by atoms with Gasteiger partial charge in [-0.25, -0.2) is 14.4 Å². The molecule has 0 saturated carbocycles.